The maximum atomic E-state index is 12.5. The molecule has 0 radical (unpaired) electrons. The first kappa shape index (κ1) is 19.4. The van der Waals surface area contributed by atoms with Crippen molar-refractivity contribution in [2.45, 2.75) is 13.8 Å². The summed E-state index contributed by atoms with van der Waals surface area (Å²) in [6, 6.07) is 22.4. The summed E-state index contributed by atoms with van der Waals surface area (Å²) in [4.78, 5) is 24.9. The zero-order valence-corrected chi connectivity index (χ0v) is 16.0. The Morgan fingerprint density at radius 1 is 0.571 bits per heavy atom. The second kappa shape index (κ2) is 9.00. The van der Waals surface area contributed by atoms with Crippen LogP contribution in [-0.2, 0) is 9.47 Å². The van der Waals surface area contributed by atoms with Gasteiger partial charge in [-0.3, -0.25) is 0 Å². The lowest BCUT2D eigenvalue weighted by Gasteiger charge is -2.15. The van der Waals surface area contributed by atoms with Crippen molar-refractivity contribution in [2.24, 2.45) is 0 Å². The summed E-state index contributed by atoms with van der Waals surface area (Å²) in [6.45, 7) is 4.18. The van der Waals surface area contributed by atoms with E-state index < -0.39 is 0 Å². The molecule has 0 amide bonds. The van der Waals surface area contributed by atoms with Crippen molar-refractivity contribution in [3.8, 4) is 22.3 Å². The molecule has 28 heavy (non-hydrogen) atoms. The Balaban J connectivity index is 2.18. The fourth-order valence-corrected chi connectivity index (χ4v) is 3.16. The minimum atomic E-state index is -0.369. The van der Waals surface area contributed by atoms with Crippen LogP contribution in [0.5, 0.6) is 0 Å². The molecule has 0 N–H and O–H groups in total. The molecule has 4 heteroatoms. The highest BCUT2D eigenvalue weighted by molar-refractivity contribution is 6.03. The van der Waals surface area contributed by atoms with E-state index in [9.17, 15) is 9.59 Å². The van der Waals surface area contributed by atoms with Crippen molar-refractivity contribution >= 4 is 11.9 Å². The Kier molecular flexibility index (Phi) is 6.22. The summed E-state index contributed by atoms with van der Waals surface area (Å²) in [5, 5.41) is 0. The molecule has 0 fully saturated rings. The average molecular weight is 374 g/mol. The highest BCUT2D eigenvalue weighted by Gasteiger charge is 2.19. The first-order chi connectivity index (χ1) is 13.7. The van der Waals surface area contributed by atoms with Gasteiger partial charge in [0.15, 0.2) is 0 Å². The van der Waals surface area contributed by atoms with Gasteiger partial charge in [0.2, 0.25) is 0 Å². The first-order valence-electron chi connectivity index (χ1n) is 9.29. The van der Waals surface area contributed by atoms with Gasteiger partial charge in [0.1, 0.15) is 0 Å². The van der Waals surface area contributed by atoms with Crippen LogP contribution in [0.15, 0.2) is 72.8 Å². The van der Waals surface area contributed by atoms with Crippen molar-refractivity contribution in [1.29, 1.82) is 0 Å². The Hall–Kier alpha value is -3.40. The lowest BCUT2D eigenvalue weighted by atomic mass is 9.90. The van der Waals surface area contributed by atoms with Gasteiger partial charge in [0.25, 0.3) is 0 Å². The number of hydrogen-bond donors (Lipinski definition) is 0. The van der Waals surface area contributed by atoms with Gasteiger partial charge in [-0.25, -0.2) is 9.59 Å². The molecular weight excluding hydrogens is 352 g/mol. The summed E-state index contributed by atoms with van der Waals surface area (Å²) < 4.78 is 10.4. The SMILES string of the molecule is CCOC(=O)c1ccccc1-c1ccccc1-c1ccccc1C(=O)OCC. The molecule has 0 bridgehead atoms. The monoisotopic (exact) mass is 374 g/mol. The van der Waals surface area contributed by atoms with Gasteiger partial charge in [0.05, 0.1) is 24.3 Å². The fraction of sp³-hybridized carbons (Fsp3) is 0.167. The standard InChI is InChI=1S/C24H22O4/c1-3-27-23(25)21-15-9-7-13-19(21)17-11-5-6-12-18(17)20-14-8-10-16-22(20)24(26)28-4-2/h5-16H,3-4H2,1-2H3. The van der Waals surface area contributed by atoms with Crippen LogP contribution in [-0.4, -0.2) is 25.2 Å². The quantitative estimate of drug-likeness (QED) is 0.544. The lowest BCUT2D eigenvalue weighted by Crippen LogP contribution is -2.08. The van der Waals surface area contributed by atoms with E-state index in [0.717, 1.165) is 22.3 Å². The molecule has 0 heterocycles. The molecule has 3 rings (SSSR count). The third-order valence-corrected chi connectivity index (χ3v) is 4.35. The van der Waals surface area contributed by atoms with Crippen LogP contribution in [0.25, 0.3) is 22.3 Å². The Morgan fingerprint density at radius 2 is 0.893 bits per heavy atom. The molecule has 0 saturated heterocycles. The van der Waals surface area contributed by atoms with Crippen LogP contribution in [0.4, 0.5) is 0 Å². The fourth-order valence-electron chi connectivity index (χ4n) is 3.16. The molecule has 0 aliphatic heterocycles. The molecule has 0 unspecified atom stereocenters. The van der Waals surface area contributed by atoms with E-state index >= 15 is 0 Å². The molecule has 0 atom stereocenters. The van der Waals surface area contributed by atoms with Gasteiger partial charge in [-0.1, -0.05) is 60.7 Å². The lowest BCUT2D eigenvalue weighted by molar-refractivity contribution is 0.0517. The van der Waals surface area contributed by atoms with Crippen LogP contribution in [0.2, 0.25) is 0 Å². The molecule has 142 valence electrons. The Labute approximate surface area is 164 Å². The summed E-state index contributed by atoms with van der Waals surface area (Å²) in [5.74, 6) is -0.738. The van der Waals surface area contributed by atoms with Gasteiger partial charge >= 0.3 is 11.9 Å². The van der Waals surface area contributed by atoms with Crippen LogP contribution in [0.1, 0.15) is 34.6 Å². The van der Waals surface area contributed by atoms with Crippen molar-refractivity contribution in [3.63, 3.8) is 0 Å². The van der Waals surface area contributed by atoms with Crippen LogP contribution >= 0.6 is 0 Å². The van der Waals surface area contributed by atoms with Crippen LogP contribution in [0.3, 0.4) is 0 Å². The van der Waals surface area contributed by atoms with E-state index in [1.165, 1.54) is 0 Å². The van der Waals surface area contributed by atoms with E-state index in [2.05, 4.69) is 0 Å². The summed E-state index contributed by atoms with van der Waals surface area (Å²) >= 11 is 0. The number of esters is 2. The normalized spacial score (nSPS) is 10.4. The van der Waals surface area contributed by atoms with E-state index in [-0.39, 0.29) is 11.9 Å². The first-order valence-corrected chi connectivity index (χ1v) is 9.29. The van der Waals surface area contributed by atoms with E-state index in [1.807, 2.05) is 60.7 Å². The number of rotatable bonds is 6. The summed E-state index contributed by atoms with van der Waals surface area (Å²) in [7, 11) is 0. The number of benzene rings is 3. The van der Waals surface area contributed by atoms with Gasteiger partial charge in [-0.15, -0.1) is 0 Å². The summed E-state index contributed by atoms with van der Waals surface area (Å²) in [6.07, 6.45) is 0. The Morgan fingerprint density at radius 3 is 1.25 bits per heavy atom. The van der Waals surface area contributed by atoms with E-state index in [0.29, 0.717) is 24.3 Å². The molecular formula is C24H22O4. The molecule has 0 spiro atoms. The van der Waals surface area contributed by atoms with Gasteiger partial charge in [0, 0.05) is 0 Å². The summed E-state index contributed by atoms with van der Waals surface area (Å²) in [5.41, 5.74) is 4.20. The van der Waals surface area contributed by atoms with Crippen LogP contribution < -0.4 is 0 Å². The second-order valence-electron chi connectivity index (χ2n) is 6.08. The predicted molar refractivity (Wildman–Crippen MR) is 109 cm³/mol. The smallest absolute Gasteiger partial charge is 0.338 e. The highest BCUT2D eigenvalue weighted by atomic mass is 16.5. The van der Waals surface area contributed by atoms with Gasteiger partial charge in [-0.05, 0) is 48.2 Å². The number of carbonyl (C=O) groups excluding carboxylic acids is 2. The van der Waals surface area contributed by atoms with Crippen molar-refractivity contribution in [2.75, 3.05) is 13.2 Å². The van der Waals surface area contributed by atoms with E-state index in [1.54, 1.807) is 26.0 Å². The van der Waals surface area contributed by atoms with Crippen LogP contribution in [0, 0.1) is 0 Å². The average Bonchev–Trinajstić information content (AvgIpc) is 2.74. The number of hydrogen-bond acceptors (Lipinski definition) is 4. The second-order valence-corrected chi connectivity index (χ2v) is 6.08. The molecule has 0 aliphatic rings. The maximum Gasteiger partial charge on any atom is 0.338 e. The molecule has 0 saturated carbocycles. The van der Waals surface area contributed by atoms with Gasteiger partial charge in [-0.2, -0.15) is 0 Å². The minimum absolute atomic E-state index is 0.306. The largest absolute Gasteiger partial charge is 0.462 e. The van der Waals surface area contributed by atoms with Gasteiger partial charge < -0.3 is 9.47 Å². The molecule has 3 aromatic carbocycles. The van der Waals surface area contributed by atoms with E-state index in [4.69, 9.17) is 9.47 Å². The molecule has 3 aromatic rings. The Bertz CT molecular complexity index is 911. The zero-order chi connectivity index (χ0) is 19.9. The maximum absolute atomic E-state index is 12.5. The molecule has 4 nitrogen and oxygen atoms in total. The number of carbonyl (C=O) groups is 2. The third kappa shape index (κ3) is 3.96. The molecule has 0 aromatic heterocycles. The predicted octanol–water partition coefficient (Wildman–Crippen LogP) is 5.37. The third-order valence-electron chi connectivity index (χ3n) is 4.35. The highest BCUT2D eigenvalue weighted by Crippen LogP contribution is 2.36. The topological polar surface area (TPSA) is 52.6 Å². The molecule has 0 aliphatic carbocycles. The van der Waals surface area contributed by atoms with Crippen molar-refractivity contribution in [1.82, 2.24) is 0 Å². The minimum Gasteiger partial charge on any atom is -0.462 e. The van der Waals surface area contributed by atoms with Crippen molar-refractivity contribution < 1.29 is 19.1 Å². The number of ether oxygens (including phenoxy) is 2. The van der Waals surface area contributed by atoms with Crippen molar-refractivity contribution in [3.05, 3.63) is 83.9 Å². The zero-order valence-electron chi connectivity index (χ0n) is 16.0.